The summed E-state index contributed by atoms with van der Waals surface area (Å²) in [4.78, 5) is 21.9. The van der Waals surface area contributed by atoms with Gasteiger partial charge in [-0.05, 0) is 52.9 Å². The van der Waals surface area contributed by atoms with Crippen LogP contribution in [0.15, 0.2) is 12.2 Å². The SMILES string of the molecule is CC(C)O.CCCCCCCC/C=C\CCCCCCCCOC(=O)CC(C)=O.[AlH3]. The van der Waals surface area contributed by atoms with Crippen LogP contribution in [0.1, 0.15) is 124 Å². The Bertz CT molecular complexity index is 392. The van der Waals surface area contributed by atoms with Gasteiger partial charge in [0.25, 0.3) is 0 Å². The Labute approximate surface area is 197 Å². The van der Waals surface area contributed by atoms with Crippen molar-refractivity contribution >= 4 is 29.1 Å². The van der Waals surface area contributed by atoms with Gasteiger partial charge in [0.1, 0.15) is 12.2 Å². The Kier molecular flexibility index (Phi) is 32.2. The van der Waals surface area contributed by atoms with Crippen LogP contribution in [0.4, 0.5) is 0 Å². The standard InChI is InChI=1S/C22H40O3.C3H8O.Al.3H/c1-3-4-5-6-7-8-9-10-11-12-13-14-15-16-17-18-19-25-22(24)20-21(2)23;1-3(2)4;;;;/h10-11H,3-9,12-20H2,1-2H3;3-4H,1-2H3;;;;/b11-10-;;;;;. The molecular formula is C25H51AlO4. The third-order valence-corrected chi connectivity index (χ3v) is 4.31. The van der Waals surface area contributed by atoms with Gasteiger partial charge in [0.2, 0.25) is 0 Å². The third-order valence-electron chi connectivity index (χ3n) is 4.31. The maximum absolute atomic E-state index is 11.2. The van der Waals surface area contributed by atoms with Crippen molar-refractivity contribution in [2.45, 2.75) is 130 Å². The van der Waals surface area contributed by atoms with Crippen molar-refractivity contribution in [3.8, 4) is 0 Å². The molecule has 0 saturated carbocycles. The first-order chi connectivity index (χ1) is 13.9. The van der Waals surface area contributed by atoms with E-state index in [0.29, 0.717) is 6.61 Å². The molecule has 0 aliphatic carbocycles. The summed E-state index contributed by atoms with van der Waals surface area (Å²) in [5.74, 6) is -0.522. The lowest BCUT2D eigenvalue weighted by Crippen LogP contribution is -2.09. The van der Waals surface area contributed by atoms with Crippen LogP contribution in [0, 0.1) is 0 Å². The molecule has 0 radical (unpaired) electrons. The number of allylic oxidation sites excluding steroid dienone is 2. The number of rotatable bonds is 18. The molecule has 0 fully saturated rings. The number of aliphatic hydroxyl groups excluding tert-OH is 1. The van der Waals surface area contributed by atoms with Gasteiger partial charge in [-0.1, -0.05) is 76.9 Å². The molecule has 1 N–H and O–H groups in total. The minimum absolute atomic E-state index is 0. The van der Waals surface area contributed by atoms with Gasteiger partial charge in [-0.15, -0.1) is 0 Å². The van der Waals surface area contributed by atoms with Crippen molar-refractivity contribution < 1.29 is 19.4 Å². The molecule has 0 heterocycles. The number of unbranched alkanes of at least 4 members (excludes halogenated alkanes) is 12. The van der Waals surface area contributed by atoms with E-state index in [1.165, 1.54) is 84.0 Å². The van der Waals surface area contributed by atoms with Crippen molar-refractivity contribution in [1.29, 1.82) is 0 Å². The molecule has 0 amide bonds. The molecule has 0 aromatic rings. The number of esters is 1. The first-order valence-electron chi connectivity index (χ1n) is 11.9. The van der Waals surface area contributed by atoms with Crippen molar-refractivity contribution in [3.63, 3.8) is 0 Å². The first-order valence-corrected chi connectivity index (χ1v) is 11.9. The highest BCUT2D eigenvalue weighted by atomic mass is 27.0. The Morgan fingerprint density at radius 1 is 0.800 bits per heavy atom. The Morgan fingerprint density at radius 2 is 1.20 bits per heavy atom. The van der Waals surface area contributed by atoms with Gasteiger partial charge < -0.3 is 9.84 Å². The summed E-state index contributed by atoms with van der Waals surface area (Å²) in [7, 11) is 0. The monoisotopic (exact) mass is 442 g/mol. The molecule has 5 heteroatoms. The lowest BCUT2D eigenvalue weighted by atomic mass is 10.1. The summed E-state index contributed by atoms with van der Waals surface area (Å²) in [6.07, 6.45) is 22.2. The number of carbonyl (C=O) groups excluding carboxylic acids is 2. The van der Waals surface area contributed by atoms with Gasteiger partial charge in [-0.25, -0.2) is 0 Å². The first kappa shape index (κ1) is 34.0. The fraction of sp³-hybridized carbons (Fsp3) is 0.840. The molecule has 0 saturated heterocycles. The van der Waals surface area contributed by atoms with Crippen molar-refractivity contribution in [2.24, 2.45) is 0 Å². The summed E-state index contributed by atoms with van der Waals surface area (Å²) >= 11 is 0. The van der Waals surface area contributed by atoms with Crippen LogP contribution in [0.3, 0.4) is 0 Å². The summed E-state index contributed by atoms with van der Waals surface area (Å²) in [5.41, 5.74) is 0. The van der Waals surface area contributed by atoms with Crippen LogP contribution in [-0.2, 0) is 14.3 Å². The van der Waals surface area contributed by atoms with Crippen molar-refractivity contribution in [3.05, 3.63) is 12.2 Å². The van der Waals surface area contributed by atoms with E-state index in [1.54, 1.807) is 13.8 Å². The van der Waals surface area contributed by atoms with E-state index in [4.69, 9.17) is 9.84 Å². The summed E-state index contributed by atoms with van der Waals surface area (Å²) in [6, 6.07) is 0. The minimum Gasteiger partial charge on any atom is -0.465 e. The van der Waals surface area contributed by atoms with Gasteiger partial charge >= 0.3 is 5.97 Å². The molecule has 0 unspecified atom stereocenters. The lowest BCUT2D eigenvalue weighted by Gasteiger charge is -2.03. The van der Waals surface area contributed by atoms with Gasteiger partial charge in [-0.2, -0.15) is 0 Å². The number of hydrogen-bond donors (Lipinski definition) is 1. The third kappa shape index (κ3) is 38.0. The summed E-state index contributed by atoms with van der Waals surface area (Å²) in [5, 5.41) is 8.06. The Balaban J connectivity index is -0.00000133. The zero-order valence-electron chi connectivity index (χ0n) is 19.7. The Morgan fingerprint density at radius 3 is 1.63 bits per heavy atom. The second kappa shape index (κ2) is 28.4. The number of aliphatic hydroxyl groups is 1. The normalized spacial score (nSPS) is 10.5. The van der Waals surface area contributed by atoms with Crippen molar-refractivity contribution in [1.82, 2.24) is 0 Å². The van der Waals surface area contributed by atoms with Crippen molar-refractivity contribution in [2.75, 3.05) is 6.61 Å². The predicted molar refractivity (Wildman–Crippen MR) is 133 cm³/mol. The van der Waals surface area contributed by atoms with E-state index >= 15 is 0 Å². The molecule has 0 aromatic heterocycles. The molecule has 0 spiro atoms. The molecule has 178 valence electrons. The van der Waals surface area contributed by atoms with E-state index in [-0.39, 0.29) is 41.6 Å². The molecule has 0 aromatic carbocycles. The van der Waals surface area contributed by atoms with Gasteiger partial charge in [0, 0.05) is 6.10 Å². The average Bonchev–Trinajstić information content (AvgIpc) is 2.63. The molecule has 4 nitrogen and oxygen atoms in total. The van der Waals surface area contributed by atoms with Crippen LogP contribution < -0.4 is 0 Å². The fourth-order valence-electron chi connectivity index (χ4n) is 2.79. The summed E-state index contributed by atoms with van der Waals surface area (Å²) < 4.78 is 5.00. The van der Waals surface area contributed by atoms with Gasteiger partial charge in [0.15, 0.2) is 17.4 Å². The van der Waals surface area contributed by atoms with E-state index in [2.05, 4.69) is 19.1 Å². The average molecular weight is 443 g/mol. The number of Topliss-reactive ketones (excluding diaryl/α,β-unsaturated/α-hetero) is 1. The van der Waals surface area contributed by atoms with E-state index < -0.39 is 0 Å². The molecule has 0 aliphatic heterocycles. The highest BCUT2D eigenvalue weighted by Gasteiger charge is 2.05. The zero-order valence-corrected chi connectivity index (χ0v) is 19.7. The molecule has 0 rings (SSSR count). The molecule has 0 atom stereocenters. The molecular weight excluding hydrogens is 391 g/mol. The second-order valence-corrected chi connectivity index (χ2v) is 8.13. The molecule has 0 bridgehead atoms. The van der Waals surface area contributed by atoms with Crippen LogP contribution >= 0.6 is 0 Å². The highest BCUT2D eigenvalue weighted by molar-refractivity contribution is 5.94. The minimum atomic E-state index is -0.389. The smallest absolute Gasteiger partial charge is 0.313 e. The zero-order chi connectivity index (χ0) is 22.2. The van der Waals surface area contributed by atoms with Crippen LogP contribution in [0.25, 0.3) is 0 Å². The second-order valence-electron chi connectivity index (χ2n) is 8.13. The maximum atomic E-state index is 11.2. The number of ketones is 1. The van der Waals surface area contributed by atoms with Gasteiger partial charge in [-0.3, -0.25) is 9.59 Å². The van der Waals surface area contributed by atoms with Gasteiger partial charge in [0.05, 0.1) is 6.61 Å². The van der Waals surface area contributed by atoms with Crippen LogP contribution in [0.2, 0.25) is 0 Å². The van der Waals surface area contributed by atoms with E-state index in [0.717, 1.165) is 12.8 Å². The lowest BCUT2D eigenvalue weighted by molar-refractivity contribution is -0.145. The highest BCUT2D eigenvalue weighted by Crippen LogP contribution is 2.10. The molecule has 30 heavy (non-hydrogen) atoms. The number of ether oxygens (including phenoxy) is 1. The van der Waals surface area contributed by atoms with E-state index in [1.807, 2.05) is 0 Å². The van der Waals surface area contributed by atoms with E-state index in [9.17, 15) is 9.59 Å². The molecule has 0 aliphatic rings. The van der Waals surface area contributed by atoms with Crippen LogP contribution in [-0.4, -0.2) is 46.9 Å². The maximum Gasteiger partial charge on any atom is 0.313 e. The topological polar surface area (TPSA) is 63.6 Å². The number of hydrogen-bond acceptors (Lipinski definition) is 4. The summed E-state index contributed by atoms with van der Waals surface area (Å²) in [6.45, 7) is 7.57. The Hall–Kier alpha value is -0.628. The predicted octanol–water partition coefficient (Wildman–Crippen LogP) is 5.75. The van der Waals surface area contributed by atoms with Crippen LogP contribution in [0.5, 0.6) is 0 Å². The quantitative estimate of drug-likeness (QED) is 0.0965. The fourth-order valence-corrected chi connectivity index (χ4v) is 2.79. The largest absolute Gasteiger partial charge is 0.465 e. The number of carbonyl (C=O) groups is 2.